The molecule has 0 radical (unpaired) electrons. The Morgan fingerprint density at radius 3 is 1.60 bits per heavy atom. The van der Waals surface area contributed by atoms with E-state index in [9.17, 15) is 0 Å². The zero-order valence-electron chi connectivity index (χ0n) is 22.9. The third-order valence-electron chi connectivity index (χ3n) is 8.28. The maximum atomic E-state index is 3.79. The topological polar surface area (TPSA) is 12.0 Å². The molecule has 0 bridgehead atoms. The molecule has 1 nitrogen and oxygen atoms in total. The Morgan fingerprint density at radius 1 is 0.425 bits per heavy atom. The lowest BCUT2D eigenvalue weighted by Gasteiger charge is -2.23. The van der Waals surface area contributed by atoms with Crippen LogP contribution in [0.25, 0.3) is 44.5 Å². The van der Waals surface area contributed by atoms with Crippen molar-refractivity contribution in [2.45, 2.75) is 19.3 Å². The molecule has 0 amide bonds. The summed E-state index contributed by atoms with van der Waals surface area (Å²) >= 11 is 0. The summed E-state index contributed by atoms with van der Waals surface area (Å²) in [6, 6.07) is 52.3. The minimum Gasteiger partial charge on any atom is -0.355 e. The number of anilines is 2. The summed E-state index contributed by atoms with van der Waals surface area (Å²) in [4.78, 5) is 0. The summed E-state index contributed by atoms with van der Waals surface area (Å²) < 4.78 is 0. The third kappa shape index (κ3) is 4.12. The summed E-state index contributed by atoms with van der Waals surface area (Å²) in [5.74, 6) is 0. The van der Waals surface area contributed by atoms with Crippen LogP contribution in [0.1, 0.15) is 25.0 Å². The Labute approximate surface area is 236 Å². The highest BCUT2D eigenvalue weighted by Crippen LogP contribution is 2.54. The van der Waals surface area contributed by atoms with Crippen LogP contribution in [0.2, 0.25) is 0 Å². The lowest BCUT2D eigenvalue weighted by molar-refractivity contribution is 0.661. The number of benzene rings is 6. The quantitative estimate of drug-likeness (QED) is 0.242. The van der Waals surface area contributed by atoms with Gasteiger partial charge in [-0.2, -0.15) is 0 Å². The number of rotatable bonds is 5. The second kappa shape index (κ2) is 9.70. The Morgan fingerprint density at radius 2 is 0.975 bits per heavy atom. The number of hydrogen-bond donors (Lipinski definition) is 1. The predicted octanol–water partition coefficient (Wildman–Crippen LogP) is 10.7. The van der Waals surface area contributed by atoms with Gasteiger partial charge in [0.1, 0.15) is 0 Å². The minimum absolute atomic E-state index is 0.113. The first-order chi connectivity index (χ1) is 19.6. The second-order valence-electron chi connectivity index (χ2n) is 11.1. The van der Waals surface area contributed by atoms with E-state index in [0.717, 1.165) is 11.4 Å². The van der Waals surface area contributed by atoms with Gasteiger partial charge in [-0.3, -0.25) is 0 Å². The van der Waals surface area contributed by atoms with Crippen molar-refractivity contribution in [3.8, 4) is 44.5 Å². The number of fused-ring (bicyclic) bond motifs is 3. The van der Waals surface area contributed by atoms with Gasteiger partial charge in [0.2, 0.25) is 0 Å². The molecule has 40 heavy (non-hydrogen) atoms. The van der Waals surface area contributed by atoms with Gasteiger partial charge in [0.15, 0.2) is 0 Å². The maximum Gasteiger partial charge on any atom is 0.0467 e. The summed E-state index contributed by atoms with van der Waals surface area (Å²) in [7, 11) is 0. The molecule has 0 aromatic heterocycles. The molecule has 0 aliphatic heterocycles. The van der Waals surface area contributed by atoms with E-state index in [2.05, 4.69) is 165 Å². The highest BCUT2D eigenvalue weighted by molar-refractivity contribution is 5.97. The van der Waals surface area contributed by atoms with Crippen molar-refractivity contribution in [1.82, 2.24) is 0 Å². The molecule has 6 aromatic carbocycles. The lowest BCUT2D eigenvalue weighted by atomic mass is 9.81. The van der Waals surface area contributed by atoms with E-state index in [1.165, 1.54) is 55.6 Å². The van der Waals surface area contributed by atoms with E-state index in [1.807, 2.05) is 0 Å². The first-order valence-corrected chi connectivity index (χ1v) is 14.0. The first-order valence-electron chi connectivity index (χ1n) is 14.0. The van der Waals surface area contributed by atoms with Gasteiger partial charge < -0.3 is 5.32 Å². The average Bonchev–Trinajstić information content (AvgIpc) is 3.24. The minimum atomic E-state index is -0.113. The van der Waals surface area contributed by atoms with Crippen molar-refractivity contribution in [3.05, 3.63) is 157 Å². The Balaban J connectivity index is 1.38. The monoisotopic (exact) mass is 513 g/mol. The summed E-state index contributed by atoms with van der Waals surface area (Å²) in [6.45, 7) is 4.71. The highest BCUT2D eigenvalue weighted by atomic mass is 14.9. The van der Waals surface area contributed by atoms with Crippen LogP contribution in [0.4, 0.5) is 11.4 Å². The van der Waals surface area contributed by atoms with Gasteiger partial charge in [0.05, 0.1) is 0 Å². The Bertz CT molecular complexity index is 1800. The Kier molecular flexibility index (Phi) is 5.86. The van der Waals surface area contributed by atoms with Gasteiger partial charge in [-0.05, 0) is 74.3 Å². The average molecular weight is 514 g/mol. The molecule has 0 saturated heterocycles. The van der Waals surface area contributed by atoms with E-state index in [4.69, 9.17) is 0 Å². The fourth-order valence-electron chi connectivity index (χ4n) is 6.18. The molecule has 7 rings (SSSR count). The third-order valence-corrected chi connectivity index (χ3v) is 8.28. The van der Waals surface area contributed by atoms with Crippen LogP contribution in [0.15, 0.2) is 146 Å². The van der Waals surface area contributed by atoms with Gasteiger partial charge in [0, 0.05) is 22.4 Å². The van der Waals surface area contributed by atoms with Crippen LogP contribution in [-0.2, 0) is 5.41 Å². The van der Waals surface area contributed by atoms with E-state index >= 15 is 0 Å². The summed E-state index contributed by atoms with van der Waals surface area (Å²) in [6.07, 6.45) is 0. The second-order valence-corrected chi connectivity index (χ2v) is 11.1. The van der Waals surface area contributed by atoms with Crippen LogP contribution in [-0.4, -0.2) is 0 Å². The standard InChI is InChI=1S/C39H31N/c1-39(2)35-20-12-19-32(29-15-8-4-9-16-29)38(35)34-25-33(30-17-10-5-11-18-30)37(26-36(34)39)40-31-23-21-28(22-24-31)27-13-6-3-7-14-27/h3-26,40H,1-2H3. The zero-order chi connectivity index (χ0) is 27.1. The van der Waals surface area contributed by atoms with Gasteiger partial charge in [-0.1, -0.05) is 135 Å². The number of nitrogens with one attached hydrogen (secondary N) is 1. The van der Waals surface area contributed by atoms with Crippen molar-refractivity contribution in [1.29, 1.82) is 0 Å². The molecule has 0 saturated carbocycles. The van der Waals surface area contributed by atoms with Crippen molar-refractivity contribution < 1.29 is 0 Å². The van der Waals surface area contributed by atoms with Crippen molar-refractivity contribution in [2.24, 2.45) is 0 Å². The van der Waals surface area contributed by atoms with E-state index in [-0.39, 0.29) is 5.41 Å². The van der Waals surface area contributed by atoms with Crippen LogP contribution in [0.3, 0.4) is 0 Å². The van der Waals surface area contributed by atoms with Gasteiger partial charge in [0.25, 0.3) is 0 Å². The van der Waals surface area contributed by atoms with Gasteiger partial charge in [-0.15, -0.1) is 0 Å². The SMILES string of the molecule is CC1(C)c2cc(Nc3ccc(-c4ccccc4)cc3)c(-c3ccccc3)cc2-c2c(-c3ccccc3)cccc21. The fraction of sp³-hybridized carbons (Fsp3) is 0.0769. The zero-order valence-corrected chi connectivity index (χ0v) is 22.9. The van der Waals surface area contributed by atoms with E-state index in [1.54, 1.807) is 0 Å². The van der Waals surface area contributed by atoms with E-state index < -0.39 is 0 Å². The molecule has 0 unspecified atom stereocenters. The molecule has 1 heteroatoms. The normalized spacial score (nSPS) is 12.9. The summed E-state index contributed by atoms with van der Waals surface area (Å²) in [5, 5.41) is 3.79. The molecule has 0 heterocycles. The molecule has 0 atom stereocenters. The maximum absolute atomic E-state index is 3.79. The largest absolute Gasteiger partial charge is 0.355 e. The smallest absolute Gasteiger partial charge is 0.0467 e. The summed E-state index contributed by atoms with van der Waals surface area (Å²) in [5.41, 5.74) is 14.9. The predicted molar refractivity (Wildman–Crippen MR) is 170 cm³/mol. The molecule has 6 aromatic rings. The van der Waals surface area contributed by atoms with Crippen molar-refractivity contribution >= 4 is 11.4 Å². The Hall–Kier alpha value is -4.88. The van der Waals surface area contributed by atoms with Crippen LogP contribution < -0.4 is 5.32 Å². The van der Waals surface area contributed by atoms with Gasteiger partial charge >= 0.3 is 0 Å². The lowest BCUT2D eigenvalue weighted by Crippen LogP contribution is -2.15. The van der Waals surface area contributed by atoms with Crippen molar-refractivity contribution in [3.63, 3.8) is 0 Å². The molecule has 1 N–H and O–H groups in total. The van der Waals surface area contributed by atoms with E-state index in [0.29, 0.717) is 0 Å². The molecule has 0 fully saturated rings. The first kappa shape index (κ1) is 24.2. The molecule has 0 spiro atoms. The number of hydrogen-bond acceptors (Lipinski definition) is 1. The van der Waals surface area contributed by atoms with Crippen molar-refractivity contribution in [2.75, 3.05) is 5.32 Å². The van der Waals surface area contributed by atoms with Crippen LogP contribution in [0.5, 0.6) is 0 Å². The molecular formula is C39H31N. The highest BCUT2D eigenvalue weighted by Gasteiger charge is 2.37. The molecule has 1 aliphatic rings. The van der Waals surface area contributed by atoms with Crippen LogP contribution in [0, 0.1) is 0 Å². The van der Waals surface area contributed by atoms with Crippen LogP contribution >= 0.6 is 0 Å². The molecule has 192 valence electrons. The molecular weight excluding hydrogens is 482 g/mol. The molecule has 1 aliphatic carbocycles. The fourth-order valence-corrected chi connectivity index (χ4v) is 6.18. The van der Waals surface area contributed by atoms with Gasteiger partial charge in [-0.25, -0.2) is 0 Å².